The Labute approximate surface area is 162 Å². The van der Waals surface area contributed by atoms with Crippen LogP contribution in [0, 0.1) is 10.1 Å². The fraction of sp³-hybridized carbons (Fsp3) is 0.421. The van der Waals surface area contributed by atoms with E-state index in [0.29, 0.717) is 17.8 Å². The molecule has 1 saturated heterocycles. The molecule has 0 spiro atoms. The quantitative estimate of drug-likeness (QED) is 0.582. The van der Waals surface area contributed by atoms with Crippen molar-refractivity contribution >= 4 is 28.6 Å². The highest BCUT2D eigenvalue weighted by molar-refractivity contribution is 7.10. The van der Waals surface area contributed by atoms with Crippen molar-refractivity contribution in [3.05, 3.63) is 56.3 Å². The minimum absolute atomic E-state index is 0.0832. The van der Waals surface area contributed by atoms with Crippen molar-refractivity contribution < 1.29 is 9.72 Å². The van der Waals surface area contributed by atoms with E-state index in [1.54, 1.807) is 22.3 Å². The minimum Gasteiger partial charge on any atom is -0.377 e. The van der Waals surface area contributed by atoms with Gasteiger partial charge in [-0.3, -0.25) is 19.8 Å². The summed E-state index contributed by atoms with van der Waals surface area (Å²) in [6, 6.07) is 8.64. The van der Waals surface area contributed by atoms with Gasteiger partial charge in [0.05, 0.1) is 16.5 Å². The first kappa shape index (κ1) is 19.3. The number of hydrogen-bond donors (Lipinski definition) is 1. The number of carbonyl (C=O) groups is 1. The summed E-state index contributed by atoms with van der Waals surface area (Å²) < 4.78 is 0. The number of non-ortho nitro benzene ring substituents is 1. The third-order valence-corrected chi connectivity index (χ3v) is 5.80. The molecule has 2 heterocycles. The molecule has 0 bridgehead atoms. The smallest absolute Gasteiger partial charge is 0.270 e. The van der Waals surface area contributed by atoms with E-state index >= 15 is 0 Å². The molecule has 1 unspecified atom stereocenters. The molecule has 1 fully saturated rings. The molecular weight excluding hydrogens is 364 g/mol. The molecule has 2 aromatic rings. The van der Waals surface area contributed by atoms with E-state index in [0.717, 1.165) is 13.1 Å². The molecule has 1 N–H and O–H groups in total. The van der Waals surface area contributed by atoms with Crippen molar-refractivity contribution in [2.45, 2.75) is 18.9 Å². The first-order valence-electron chi connectivity index (χ1n) is 8.99. The Kier molecular flexibility index (Phi) is 6.08. The molecule has 7 nitrogen and oxygen atoms in total. The third kappa shape index (κ3) is 4.45. The SMILES string of the molecule is CN(C)c1ccc([N+](=O)[O-])cc1C(=O)NCC(c1cccs1)N1CCCC1. The van der Waals surface area contributed by atoms with E-state index in [-0.39, 0.29) is 17.6 Å². The van der Waals surface area contributed by atoms with E-state index in [4.69, 9.17) is 0 Å². The normalized spacial score (nSPS) is 15.5. The molecule has 8 heteroatoms. The number of benzene rings is 1. The molecule has 1 aromatic carbocycles. The molecule has 1 aliphatic rings. The lowest BCUT2D eigenvalue weighted by Crippen LogP contribution is -2.36. The topological polar surface area (TPSA) is 78.7 Å². The summed E-state index contributed by atoms with van der Waals surface area (Å²) in [5.74, 6) is -0.289. The van der Waals surface area contributed by atoms with Crippen LogP contribution < -0.4 is 10.2 Å². The lowest BCUT2D eigenvalue weighted by molar-refractivity contribution is -0.384. The van der Waals surface area contributed by atoms with Crippen LogP contribution >= 0.6 is 11.3 Å². The number of nitro benzene ring substituents is 1. The standard InChI is InChI=1S/C19H24N4O3S/c1-21(2)16-8-7-14(23(25)26)12-15(16)19(24)20-13-17(18-6-5-11-27-18)22-9-3-4-10-22/h5-8,11-12,17H,3-4,9-10,13H2,1-2H3,(H,20,24). The van der Waals surface area contributed by atoms with Gasteiger partial charge < -0.3 is 10.2 Å². The van der Waals surface area contributed by atoms with Gasteiger partial charge in [-0.2, -0.15) is 0 Å². The van der Waals surface area contributed by atoms with Crippen LogP contribution in [-0.2, 0) is 0 Å². The number of likely N-dealkylation sites (tertiary alicyclic amines) is 1. The van der Waals surface area contributed by atoms with Gasteiger partial charge in [0.2, 0.25) is 0 Å². The van der Waals surface area contributed by atoms with Crippen molar-refractivity contribution in [2.75, 3.05) is 38.6 Å². The van der Waals surface area contributed by atoms with Crippen LogP contribution in [0.3, 0.4) is 0 Å². The molecule has 3 rings (SSSR count). The van der Waals surface area contributed by atoms with E-state index < -0.39 is 4.92 Å². The summed E-state index contributed by atoms with van der Waals surface area (Å²) in [5.41, 5.74) is 0.896. The summed E-state index contributed by atoms with van der Waals surface area (Å²) in [6.45, 7) is 2.53. The van der Waals surface area contributed by atoms with Gasteiger partial charge in [-0.1, -0.05) is 6.07 Å². The molecular formula is C19H24N4O3S. The summed E-state index contributed by atoms with van der Waals surface area (Å²) in [5, 5.41) is 16.2. The Morgan fingerprint density at radius 3 is 2.67 bits per heavy atom. The summed E-state index contributed by atoms with van der Waals surface area (Å²) in [7, 11) is 3.63. The lowest BCUT2D eigenvalue weighted by Gasteiger charge is -2.27. The molecule has 1 aliphatic heterocycles. The average molecular weight is 388 g/mol. The second-order valence-electron chi connectivity index (χ2n) is 6.84. The van der Waals surface area contributed by atoms with Gasteiger partial charge in [0.1, 0.15) is 0 Å². The Bertz CT molecular complexity index is 801. The third-order valence-electron chi connectivity index (χ3n) is 4.83. The molecule has 1 amide bonds. The van der Waals surface area contributed by atoms with Crippen LogP contribution in [-0.4, -0.2) is 49.5 Å². The zero-order valence-corrected chi connectivity index (χ0v) is 16.4. The molecule has 1 aromatic heterocycles. The average Bonchev–Trinajstić information content (AvgIpc) is 3.35. The van der Waals surface area contributed by atoms with Gasteiger partial charge in [-0.25, -0.2) is 0 Å². The first-order valence-corrected chi connectivity index (χ1v) is 9.86. The number of nitrogens with one attached hydrogen (secondary N) is 1. The van der Waals surface area contributed by atoms with E-state index in [2.05, 4.69) is 16.3 Å². The second-order valence-corrected chi connectivity index (χ2v) is 7.82. The maximum absolute atomic E-state index is 12.9. The van der Waals surface area contributed by atoms with E-state index in [1.807, 2.05) is 25.5 Å². The van der Waals surface area contributed by atoms with Crippen LogP contribution in [0.5, 0.6) is 0 Å². The summed E-state index contributed by atoms with van der Waals surface area (Å²) in [4.78, 5) is 28.9. The summed E-state index contributed by atoms with van der Waals surface area (Å²) in [6.07, 6.45) is 2.34. The fourth-order valence-electron chi connectivity index (χ4n) is 3.44. The predicted octanol–water partition coefficient (Wildman–Crippen LogP) is 3.29. The monoisotopic (exact) mass is 388 g/mol. The number of anilines is 1. The zero-order chi connectivity index (χ0) is 19.4. The molecule has 0 radical (unpaired) electrons. The number of rotatable bonds is 7. The molecule has 27 heavy (non-hydrogen) atoms. The van der Waals surface area contributed by atoms with E-state index in [9.17, 15) is 14.9 Å². The lowest BCUT2D eigenvalue weighted by atomic mass is 10.1. The van der Waals surface area contributed by atoms with Gasteiger partial charge in [0.25, 0.3) is 11.6 Å². The minimum atomic E-state index is -0.477. The maximum Gasteiger partial charge on any atom is 0.270 e. The Morgan fingerprint density at radius 1 is 1.33 bits per heavy atom. The van der Waals surface area contributed by atoms with Crippen LogP contribution in [0.1, 0.15) is 34.1 Å². The van der Waals surface area contributed by atoms with Gasteiger partial charge in [0.15, 0.2) is 0 Å². The Hall–Kier alpha value is -2.45. The van der Waals surface area contributed by atoms with Gasteiger partial charge in [0, 0.05) is 43.3 Å². The molecule has 0 saturated carbocycles. The zero-order valence-electron chi connectivity index (χ0n) is 15.6. The molecule has 144 valence electrons. The van der Waals surface area contributed by atoms with Crippen molar-refractivity contribution in [1.82, 2.24) is 10.2 Å². The van der Waals surface area contributed by atoms with Crippen molar-refractivity contribution in [2.24, 2.45) is 0 Å². The number of amides is 1. The summed E-state index contributed by atoms with van der Waals surface area (Å²) >= 11 is 1.69. The number of thiophene rings is 1. The first-order chi connectivity index (χ1) is 13.0. The number of nitro groups is 1. The van der Waals surface area contributed by atoms with Gasteiger partial charge in [-0.15, -0.1) is 11.3 Å². The predicted molar refractivity (Wildman–Crippen MR) is 108 cm³/mol. The fourth-order valence-corrected chi connectivity index (χ4v) is 4.30. The van der Waals surface area contributed by atoms with Crippen LogP contribution in [0.4, 0.5) is 11.4 Å². The van der Waals surface area contributed by atoms with Crippen molar-refractivity contribution in [3.63, 3.8) is 0 Å². The molecule has 0 aliphatic carbocycles. The van der Waals surface area contributed by atoms with Gasteiger partial charge >= 0.3 is 0 Å². The highest BCUT2D eigenvalue weighted by Gasteiger charge is 2.26. The number of nitrogens with zero attached hydrogens (tertiary/aromatic N) is 3. The largest absolute Gasteiger partial charge is 0.377 e. The van der Waals surface area contributed by atoms with Crippen LogP contribution in [0.2, 0.25) is 0 Å². The maximum atomic E-state index is 12.9. The Morgan fingerprint density at radius 2 is 2.07 bits per heavy atom. The number of hydrogen-bond acceptors (Lipinski definition) is 6. The van der Waals surface area contributed by atoms with Crippen LogP contribution in [0.15, 0.2) is 35.7 Å². The van der Waals surface area contributed by atoms with Crippen molar-refractivity contribution in [1.29, 1.82) is 0 Å². The second kappa shape index (κ2) is 8.49. The Balaban J connectivity index is 1.79. The van der Waals surface area contributed by atoms with E-state index in [1.165, 1.54) is 29.9 Å². The number of carbonyl (C=O) groups excluding carboxylic acids is 1. The highest BCUT2D eigenvalue weighted by atomic mass is 32.1. The van der Waals surface area contributed by atoms with Crippen molar-refractivity contribution in [3.8, 4) is 0 Å². The highest BCUT2D eigenvalue weighted by Crippen LogP contribution is 2.29. The van der Waals surface area contributed by atoms with Gasteiger partial charge in [-0.05, 0) is 43.4 Å². The molecule has 1 atom stereocenters. The van der Waals surface area contributed by atoms with Crippen LogP contribution in [0.25, 0.3) is 0 Å².